The van der Waals surface area contributed by atoms with Gasteiger partial charge in [-0.3, -0.25) is 9.69 Å². The molecule has 0 radical (unpaired) electrons. The molecule has 1 aromatic carbocycles. The predicted octanol–water partition coefficient (Wildman–Crippen LogP) is 3.50. The lowest BCUT2D eigenvalue weighted by Crippen LogP contribution is -2.55. The summed E-state index contributed by atoms with van der Waals surface area (Å²) in [7, 11) is 1.50. The van der Waals surface area contributed by atoms with E-state index in [1.54, 1.807) is 41.4 Å². The van der Waals surface area contributed by atoms with Gasteiger partial charge in [0.05, 0.1) is 38.3 Å². The largest absolute Gasteiger partial charge is 0.481 e. The number of hydrogen-bond acceptors (Lipinski definition) is 8. The third-order valence-corrected chi connectivity index (χ3v) is 7.68. The Morgan fingerprint density at radius 2 is 1.90 bits per heavy atom. The Morgan fingerprint density at radius 1 is 1.17 bits per heavy atom. The molecule has 2 N–H and O–H groups in total. The van der Waals surface area contributed by atoms with Crippen LogP contribution < -0.4 is 4.74 Å². The third kappa shape index (κ3) is 5.30. The highest BCUT2D eigenvalue weighted by molar-refractivity contribution is 6.00. The number of ether oxygens (including phenoxy) is 1. The Bertz CT molecular complexity index is 1590. The van der Waals surface area contributed by atoms with E-state index in [0.717, 1.165) is 11.8 Å². The van der Waals surface area contributed by atoms with E-state index in [1.807, 2.05) is 17.9 Å². The summed E-state index contributed by atoms with van der Waals surface area (Å²) in [5, 5.41) is 23.5. The fourth-order valence-corrected chi connectivity index (χ4v) is 5.57. The first-order valence-corrected chi connectivity index (χ1v) is 13.4. The number of alkyl halides is 3. The molecule has 4 heterocycles. The molecule has 3 aromatic heterocycles. The zero-order valence-electron chi connectivity index (χ0n) is 23.3. The first-order valence-electron chi connectivity index (χ1n) is 13.4. The van der Waals surface area contributed by atoms with Crippen molar-refractivity contribution in [1.29, 1.82) is 0 Å². The van der Waals surface area contributed by atoms with Gasteiger partial charge in [0, 0.05) is 48.6 Å². The average molecular weight is 585 g/mol. The Balaban J connectivity index is 1.48. The fourth-order valence-electron chi connectivity index (χ4n) is 5.57. The molecule has 1 aliphatic rings. The molecule has 10 nitrogen and oxygen atoms in total. The highest BCUT2D eigenvalue weighted by atomic mass is 19.4. The van der Waals surface area contributed by atoms with Crippen LogP contribution in [0.3, 0.4) is 0 Å². The molecular formula is C29H31F3N6O4. The van der Waals surface area contributed by atoms with Gasteiger partial charge in [-0.15, -0.1) is 0 Å². The molecule has 4 aromatic rings. The summed E-state index contributed by atoms with van der Waals surface area (Å²) in [5.41, 5.74) is 0.439. The van der Waals surface area contributed by atoms with Crippen LogP contribution in [0.1, 0.15) is 45.7 Å². The molecule has 1 amide bonds. The molecule has 42 heavy (non-hydrogen) atoms. The maximum Gasteiger partial charge on any atom is 0.433 e. The Hall–Kier alpha value is -4.07. The van der Waals surface area contributed by atoms with Crippen molar-refractivity contribution in [3.8, 4) is 17.1 Å². The van der Waals surface area contributed by atoms with Gasteiger partial charge in [0.1, 0.15) is 5.56 Å². The van der Waals surface area contributed by atoms with Crippen molar-refractivity contribution in [2.24, 2.45) is 0 Å². The average Bonchev–Trinajstić information content (AvgIpc) is 3.39. The van der Waals surface area contributed by atoms with E-state index >= 15 is 0 Å². The molecule has 1 fully saturated rings. The number of hydrogen-bond donors (Lipinski definition) is 2. The summed E-state index contributed by atoms with van der Waals surface area (Å²) in [6.45, 7) is 3.84. The molecule has 0 bridgehead atoms. The molecule has 0 saturated carbocycles. The molecule has 222 valence electrons. The van der Waals surface area contributed by atoms with Gasteiger partial charge in [0.15, 0.2) is 11.3 Å². The van der Waals surface area contributed by atoms with Crippen molar-refractivity contribution in [1.82, 2.24) is 29.4 Å². The van der Waals surface area contributed by atoms with Crippen molar-refractivity contribution >= 4 is 11.6 Å². The summed E-state index contributed by atoms with van der Waals surface area (Å²) in [5.74, 6) is -0.0829. The van der Waals surface area contributed by atoms with Crippen LogP contribution in [-0.4, -0.2) is 84.9 Å². The number of methoxy groups -OCH3 is 1. The lowest BCUT2D eigenvalue weighted by molar-refractivity contribution is -0.143. The number of aliphatic hydroxyl groups is 2. The van der Waals surface area contributed by atoms with E-state index < -0.39 is 23.8 Å². The normalized spacial score (nSPS) is 17.0. The first-order chi connectivity index (χ1) is 20.1. The topological polar surface area (TPSA) is 116 Å². The number of pyridine rings is 1. The van der Waals surface area contributed by atoms with Crippen molar-refractivity contribution in [2.45, 2.75) is 38.7 Å². The second kappa shape index (κ2) is 11.7. The zero-order chi connectivity index (χ0) is 30.2. The minimum absolute atomic E-state index is 0.0401. The van der Waals surface area contributed by atoms with E-state index in [1.165, 1.54) is 14.0 Å². The standard InChI is InChI=1S/C29H31F3N6O4/c1-17-14-36(23(16-40)21-5-4-10-33-27(21)42-3)11-12-37(17)28(41)22-13-34-38-25(29(30,31)32)18(2)24(35-26(22)38)20-8-6-19(15-39)7-9-20/h4-10,13,17,23,39-40H,11-12,14-16H2,1-3H3/t17-,23+/m1/s1. The van der Waals surface area contributed by atoms with Crippen LogP contribution in [-0.2, 0) is 12.8 Å². The minimum atomic E-state index is -4.76. The number of nitrogens with zero attached hydrogens (tertiary/aromatic N) is 6. The van der Waals surface area contributed by atoms with Gasteiger partial charge in [-0.05, 0) is 25.5 Å². The summed E-state index contributed by atoms with van der Waals surface area (Å²) in [6.07, 6.45) is -2.03. The quantitative estimate of drug-likeness (QED) is 0.339. The summed E-state index contributed by atoms with van der Waals surface area (Å²) >= 11 is 0. The van der Waals surface area contributed by atoms with Gasteiger partial charge in [-0.25, -0.2) is 14.5 Å². The van der Waals surface area contributed by atoms with Gasteiger partial charge in [0.2, 0.25) is 5.88 Å². The van der Waals surface area contributed by atoms with Crippen LogP contribution in [0.5, 0.6) is 5.88 Å². The van der Waals surface area contributed by atoms with Crippen LogP contribution in [0.4, 0.5) is 13.2 Å². The Labute approximate surface area is 240 Å². The maximum absolute atomic E-state index is 14.3. The van der Waals surface area contributed by atoms with E-state index in [4.69, 9.17) is 4.74 Å². The van der Waals surface area contributed by atoms with Gasteiger partial charge < -0.3 is 19.8 Å². The number of aromatic nitrogens is 4. The minimum Gasteiger partial charge on any atom is -0.481 e. The number of piperazine rings is 1. The lowest BCUT2D eigenvalue weighted by atomic mass is 10.0. The summed E-state index contributed by atoms with van der Waals surface area (Å²) in [4.78, 5) is 26.2. The van der Waals surface area contributed by atoms with E-state index in [-0.39, 0.29) is 48.3 Å². The monoisotopic (exact) mass is 584 g/mol. The SMILES string of the molecule is COc1ncccc1[C@H](CO)N1CCN(C(=O)c2cnn3c(C(F)(F)F)c(C)c(-c4ccc(CO)cc4)nc23)[C@H](C)C1. The number of amides is 1. The molecule has 5 rings (SSSR count). The van der Waals surface area contributed by atoms with E-state index in [9.17, 15) is 28.2 Å². The van der Waals surface area contributed by atoms with Crippen molar-refractivity contribution in [3.05, 3.63) is 76.7 Å². The number of halogens is 3. The zero-order valence-corrected chi connectivity index (χ0v) is 23.3. The number of rotatable bonds is 7. The second-order valence-corrected chi connectivity index (χ2v) is 10.2. The van der Waals surface area contributed by atoms with Crippen LogP contribution >= 0.6 is 0 Å². The van der Waals surface area contributed by atoms with Gasteiger partial charge in [-0.1, -0.05) is 30.3 Å². The Kier molecular flexibility index (Phi) is 8.17. The molecule has 13 heteroatoms. The van der Waals surface area contributed by atoms with Crippen molar-refractivity contribution in [2.75, 3.05) is 33.4 Å². The van der Waals surface area contributed by atoms with Gasteiger partial charge >= 0.3 is 6.18 Å². The molecule has 0 aliphatic carbocycles. The molecule has 0 unspecified atom stereocenters. The van der Waals surface area contributed by atoms with Crippen LogP contribution in [0.2, 0.25) is 0 Å². The van der Waals surface area contributed by atoms with Crippen LogP contribution in [0, 0.1) is 6.92 Å². The van der Waals surface area contributed by atoms with E-state index in [0.29, 0.717) is 34.6 Å². The fraction of sp³-hybridized carbons (Fsp3) is 0.379. The Morgan fingerprint density at radius 3 is 2.52 bits per heavy atom. The number of carbonyl (C=O) groups excluding carboxylic acids is 1. The van der Waals surface area contributed by atoms with Crippen molar-refractivity contribution in [3.63, 3.8) is 0 Å². The van der Waals surface area contributed by atoms with E-state index in [2.05, 4.69) is 15.1 Å². The molecular weight excluding hydrogens is 553 g/mol. The lowest BCUT2D eigenvalue weighted by Gasteiger charge is -2.43. The molecule has 1 saturated heterocycles. The van der Waals surface area contributed by atoms with Gasteiger partial charge in [0.25, 0.3) is 5.91 Å². The van der Waals surface area contributed by atoms with Crippen molar-refractivity contribution < 1.29 is 32.9 Å². The van der Waals surface area contributed by atoms with Crippen LogP contribution in [0.25, 0.3) is 16.9 Å². The smallest absolute Gasteiger partial charge is 0.433 e. The molecule has 2 atom stereocenters. The predicted molar refractivity (Wildman–Crippen MR) is 147 cm³/mol. The highest BCUT2D eigenvalue weighted by Gasteiger charge is 2.40. The summed E-state index contributed by atoms with van der Waals surface area (Å²) < 4.78 is 49.0. The third-order valence-electron chi connectivity index (χ3n) is 7.68. The maximum atomic E-state index is 14.3. The number of carbonyl (C=O) groups is 1. The molecule has 1 aliphatic heterocycles. The second-order valence-electron chi connectivity index (χ2n) is 10.2. The molecule has 0 spiro atoms. The summed E-state index contributed by atoms with van der Waals surface area (Å²) in [6, 6.07) is 9.23. The number of aliphatic hydroxyl groups excluding tert-OH is 2. The first kappa shape index (κ1) is 29.4. The number of benzene rings is 1. The van der Waals surface area contributed by atoms with Gasteiger partial charge in [-0.2, -0.15) is 18.3 Å². The number of fused-ring (bicyclic) bond motifs is 1. The highest BCUT2D eigenvalue weighted by Crippen LogP contribution is 2.37. The van der Waals surface area contributed by atoms with Crippen LogP contribution in [0.15, 0.2) is 48.8 Å².